The van der Waals surface area contributed by atoms with Crippen LogP contribution in [0.25, 0.3) is 0 Å². The summed E-state index contributed by atoms with van der Waals surface area (Å²) in [5.41, 5.74) is 3.55. The van der Waals surface area contributed by atoms with Crippen LogP contribution in [0.4, 0.5) is 0 Å². The van der Waals surface area contributed by atoms with Crippen LogP contribution < -0.4 is 10.3 Å². The summed E-state index contributed by atoms with van der Waals surface area (Å²) in [6, 6.07) is 13.1. The van der Waals surface area contributed by atoms with Crippen molar-refractivity contribution in [1.82, 2.24) is 9.99 Å². The summed E-state index contributed by atoms with van der Waals surface area (Å²) in [5, 5.41) is 13.1. The highest BCUT2D eigenvalue weighted by atomic mass is 79.9. The number of thiazole rings is 1. The minimum atomic E-state index is -1.05. The quantitative estimate of drug-likeness (QED) is 0.402. The molecule has 0 spiro atoms. The number of aromatic nitrogens is 1. The summed E-state index contributed by atoms with van der Waals surface area (Å²) in [6.45, 7) is 0.119. The molecule has 3 rings (SSSR count). The fourth-order valence-corrected chi connectivity index (χ4v) is 3.95. The van der Waals surface area contributed by atoms with Gasteiger partial charge >= 0.3 is 10.8 Å². The number of halogens is 2. The Morgan fingerprint density at radius 2 is 1.93 bits per heavy atom. The van der Waals surface area contributed by atoms with Gasteiger partial charge in [-0.1, -0.05) is 57.1 Å². The Kier molecular flexibility index (Phi) is 6.63. The van der Waals surface area contributed by atoms with E-state index in [-0.39, 0.29) is 22.1 Å². The number of nitrogens with zero attached hydrogens (tertiary/aromatic N) is 2. The molecule has 10 heteroatoms. The minimum absolute atomic E-state index is 0.119. The normalized spacial score (nSPS) is 11.0. The number of hydrogen-bond donors (Lipinski definition) is 2. The molecule has 0 bridgehead atoms. The molecule has 0 saturated carbocycles. The third-order valence-electron chi connectivity index (χ3n) is 3.81. The lowest BCUT2D eigenvalue weighted by Crippen LogP contribution is -2.17. The molecule has 3 aromatic rings. The van der Waals surface area contributed by atoms with Gasteiger partial charge in [-0.25, -0.2) is 10.2 Å². The van der Waals surface area contributed by atoms with Crippen molar-refractivity contribution in [1.29, 1.82) is 0 Å². The molecule has 0 radical (unpaired) electrons. The van der Waals surface area contributed by atoms with Gasteiger partial charge in [-0.2, -0.15) is 5.10 Å². The smallest absolute Gasteiger partial charge is 0.335 e. The van der Waals surface area contributed by atoms with E-state index in [1.807, 2.05) is 0 Å². The predicted octanol–water partition coefficient (Wildman–Crippen LogP) is 3.84. The molecule has 2 aromatic carbocycles. The van der Waals surface area contributed by atoms with Crippen LogP contribution in [0.5, 0.6) is 0 Å². The summed E-state index contributed by atoms with van der Waals surface area (Å²) in [7, 11) is 0. The monoisotopic (exact) mass is 493 g/mol. The highest BCUT2D eigenvalue weighted by molar-refractivity contribution is 9.10. The molecule has 1 amide bonds. The molecular formula is C19H13BrClN3O4S. The number of hydrazone groups is 1. The number of carbonyl (C=O) groups is 2. The highest BCUT2D eigenvalue weighted by Crippen LogP contribution is 2.19. The Labute approximate surface area is 182 Å². The van der Waals surface area contributed by atoms with E-state index < -0.39 is 11.9 Å². The molecule has 0 atom stereocenters. The van der Waals surface area contributed by atoms with Crippen molar-refractivity contribution in [3.05, 3.63) is 89.4 Å². The topological polar surface area (TPSA) is 101 Å². The van der Waals surface area contributed by atoms with Crippen LogP contribution in [0, 0.1) is 0 Å². The van der Waals surface area contributed by atoms with Crippen molar-refractivity contribution in [3.8, 4) is 0 Å². The van der Waals surface area contributed by atoms with E-state index in [4.69, 9.17) is 16.7 Å². The molecule has 2 N–H and O–H groups in total. The summed E-state index contributed by atoms with van der Waals surface area (Å²) >= 11 is 10.4. The van der Waals surface area contributed by atoms with Crippen LogP contribution in [0.15, 0.2) is 62.9 Å². The first-order valence-electron chi connectivity index (χ1n) is 8.15. The number of carbonyl (C=O) groups excluding carboxylic acids is 1. The first-order chi connectivity index (χ1) is 13.8. The first kappa shape index (κ1) is 21.0. The summed E-state index contributed by atoms with van der Waals surface area (Å²) < 4.78 is 2.07. The van der Waals surface area contributed by atoms with Gasteiger partial charge in [0.05, 0.1) is 23.2 Å². The number of aromatic carboxylic acids is 1. The van der Waals surface area contributed by atoms with Gasteiger partial charge in [-0.3, -0.25) is 14.2 Å². The van der Waals surface area contributed by atoms with Gasteiger partial charge in [0.25, 0.3) is 5.91 Å². The van der Waals surface area contributed by atoms with Crippen LogP contribution >= 0.6 is 38.9 Å². The number of benzene rings is 2. The largest absolute Gasteiger partial charge is 0.478 e. The summed E-state index contributed by atoms with van der Waals surface area (Å²) in [4.78, 5) is 35.5. The van der Waals surface area contributed by atoms with Gasteiger partial charge in [0, 0.05) is 10.0 Å². The van der Waals surface area contributed by atoms with Crippen molar-refractivity contribution in [3.63, 3.8) is 0 Å². The van der Waals surface area contributed by atoms with Crippen molar-refractivity contribution in [2.24, 2.45) is 5.10 Å². The van der Waals surface area contributed by atoms with Gasteiger partial charge in [0.1, 0.15) is 5.15 Å². The van der Waals surface area contributed by atoms with Gasteiger partial charge in [-0.15, -0.1) is 0 Å². The SMILES string of the molecule is O=C(O)c1cccc(Cn2c(Cl)c(/C=N\NC(=O)c3cccc(Br)c3)sc2=O)c1. The van der Waals surface area contributed by atoms with Crippen molar-refractivity contribution >= 4 is 57.0 Å². The Hall–Kier alpha value is -2.75. The summed E-state index contributed by atoms with van der Waals surface area (Å²) in [5.74, 6) is -1.46. The number of nitrogens with one attached hydrogen (secondary N) is 1. The fourth-order valence-electron chi connectivity index (χ4n) is 2.45. The van der Waals surface area contributed by atoms with E-state index in [1.165, 1.54) is 22.9 Å². The van der Waals surface area contributed by atoms with E-state index in [2.05, 4.69) is 26.5 Å². The zero-order chi connectivity index (χ0) is 21.0. The fraction of sp³-hybridized carbons (Fsp3) is 0.0526. The maximum absolute atomic E-state index is 12.3. The molecule has 148 valence electrons. The second kappa shape index (κ2) is 9.17. The van der Waals surface area contributed by atoms with Gasteiger partial charge < -0.3 is 5.11 Å². The van der Waals surface area contributed by atoms with E-state index >= 15 is 0 Å². The average Bonchev–Trinajstić information content (AvgIpc) is 2.95. The first-order valence-corrected chi connectivity index (χ1v) is 10.1. The molecule has 1 heterocycles. The number of carboxylic acid groups (broad SMARTS) is 1. The zero-order valence-corrected chi connectivity index (χ0v) is 17.8. The zero-order valence-electron chi connectivity index (χ0n) is 14.6. The molecule has 0 aliphatic rings. The highest BCUT2D eigenvalue weighted by Gasteiger charge is 2.13. The molecule has 0 saturated heterocycles. The average molecular weight is 495 g/mol. The molecule has 7 nitrogen and oxygen atoms in total. The maximum Gasteiger partial charge on any atom is 0.335 e. The number of rotatable bonds is 6. The van der Waals surface area contributed by atoms with Gasteiger partial charge in [0.15, 0.2) is 0 Å². The van der Waals surface area contributed by atoms with Crippen LogP contribution in [-0.4, -0.2) is 27.8 Å². The van der Waals surface area contributed by atoms with Crippen LogP contribution in [0.2, 0.25) is 5.15 Å². The molecule has 29 heavy (non-hydrogen) atoms. The van der Waals surface area contributed by atoms with E-state index in [0.29, 0.717) is 16.0 Å². The van der Waals surface area contributed by atoms with Crippen molar-refractivity contribution in [2.45, 2.75) is 6.54 Å². The third-order valence-corrected chi connectivity index (χ3v) is 5.73. The van der Waals surface area contributed by atoms with Crippen molar-refractivity contribution < 1.29 is 14.7 Å². The lowest BCUT2D eigenvalue weighted by Gasteiger charge is -2.05. The van der Waals surface area contributed by atoms with Crippen molar-refractivity contribution in [2.75, 3.05) is 0 Å². The number of hydrogen-bond acceptors (Lipinski definition) is 5. The maximum atomic E-state index is 12.3. The number of amides is 1. The Bertz CT molecular complexity index is 1170. The molecule has 0 aliphatic carbocycles. The number of carboxylic acids is 1. The van der Waals surface area contributed by atoms with Gasteiger partial charge in [-0.05, 0) is 35.9 Å². The Balaban J connectivity index is 1.74. The Morgan fingerprint density at radius 1 is 1.21 bits per heavy atom. The van der Waals surface area contributed by atoms with Gasteiger partial charge in [0.2, 0.25) is 0 Å². The standard InChI is InChI=1S/C19H13BrClN3O4S/c20-14-6-2-4-12(8-14)17(25)23-22-9-15-16(21)24(19(28)29-15)10-11-3-1-5-13(7-11)18(26)27/h1-9H,10H2,(H,23,25)(H,26,27)/b22-9-. The second-order valence-electron chi connectivity index (χ2n) is 5.82. The molecule has 1 aromatic heterocycles. The molecule has 0 fully saturated rings. The molecule has 0 unspecified atom stereocenters. The summed E-state index contributed by atoms with van der Waals surface area (Å²) in [6.07, 6.45) is 1.30. The van der Waals surface area contributed by atoms with E-state index in [0.717, 1.165) is 15.8 Å². The third kappa shape index (κ3) is 5.20. The van der Waals surface area contributed by atoms with E-state index in [9.17, 15) is 14.4 Å². The van der Waals surface area contributed by atoms with E-state index in [1.54, 1.807) is 36.4 Å². The van der Waals surface area contributed by atoms with Crippen LogP contribution in [0.3, 0.4) is 0 Å². The second-order valence-corrected chi connectivity index (χ2v) is 8.09. The lowest BCUT2D eigenvalue weighted by atomic mass is 10.1. The minimum Gasteiger partial charge on any atom is -0.478 e. The molecular weight excluding hydrogens is 482 g/mol. The Morgan fingerprint density at radius 3 is 2.66 bits per heavy atom. The van der Waals surface area contributed by atoms with Crippen LogP contribution in [0.1, 0.15) is 31.2 Å². The molecule has 0 aliphatic heterocycles. The van der Waals surface area contributed by atoms with Crippen LogP contribution in [-0.2, 0) is 6.54 Å². The predicted molar refractivity (Wildman–Crippen MR) is 115 cm³/mol. The lowest BCUT2D eigenvalue weighted by molar-refractivity contribution is 0.0696.